The monoisotopic (exact) mass is 318 g/mol. The second kappa shape index (κ2) is 6.44. The van der Waals surface area contributed by atoms with E-state index >= 15 is 0 Å². The molecule has 2 atom stereocenters. The Morgan fingerprint density at radius 1 is 1.09 bits per heavy atom. The maximum absolute atomic E-state index is 12.1. The number of hydrogen-bond acceptors (Lipinski definition) is 4. The molecule has 0 bridgehead atoms. The maximum atomic E-state index is 12.1. The molecule has 3 rings (SSSR count). The third-order valence-corrected chi connectivity index (χ3v) is 5.52. The number of rotatable bonds is 2. The zero-order valence-electron chi connectivity index (χ0n) is 12.0. The molecule has 22 heavy (non-hydrogen) atoms. The molecule has 0 spiro atoms. The molecule has 1 aliphatic carbocycles. The fourth-order valence-electron chi connectivity index (χ4n) is 2.90. The second-order valence-electron chi connectivity index (χ2n) is 5.56. The second-order valence-corrected chi connectivity index (χ2v) is 6.84. The lowest BCUT2D eigenvalue weighted by Gasteiger charge is -2.23. The minimum atomic E-state index is -0.535. The number of amides is 2. The highest BCUT2D eigenvalue weighted by Gasteiger charge is 2.33. The van der Waals surface area contributed by atoms with E-state index < -0.39 is 5.91 Å². The van der Waals surface area contributed by atoms with E-state index in [4.69, 9.17) is 0 Å². The summed E-state index contributed by atoms with van der Waals surface area (Å²) in [6, 6.07) is 6.20. The summed E-state index contributed by atoms with van der Waals surface area (Å²) in [6.07, 6.45) is 6.75. The maximum Gasteiger partial charge on any atom is 0.275 e. The van der Waals surface area contributed by atoms with Crippen molar-refractivity contribution < 1.29 is 14.7 Å². The third-order valence-electron chi connectivity index (χ3n) is 4.06. The Morgan fingerprint density at radius 3 is 2.59 bits per heavy atom. The molecular weight excluding hydrogens is 300 g/mol. The molecule has 1 heterocycles. The Balaban J connectivity index is 1.57. The van der Waals surface area contributed by atoms with Crippen molar-refractivity contribution in [2.45, 2.75) is 30.9 Å². The molecule has 0 radical (unpaired) electrons. The summed E-state index contributed by atoms with van der Waals surface area (Å²) >= 11 is 1.60. The topological polar surface area (TPSA) is 78.4 Å². The van der Waals surface area contributed by atoms with E-state index in [0.29, 0.717) is 16.1 Å². The van der Waals surface area contributed by atoms with Gasteiger partial charge < -0.3 is 5.11 Å². The molecule has 2 aliphatic rings. The van der Waals surface area contributed by atoms with Crippen molar-refractivity contribution in [3.05, 3.63) is 40.8 Å². The van der Waals surface area contributed by atoms with E-state index in [-0.39, 0.29) is 17.2 Å². The van der Waals surface area contributed by atoms with Crippen LogP contribution in [0.5, 0.6) is 5.75 Å². The summed E-state index contributed by atoms with van der Waals surface area (Å²) in [5, 5.41) is 10.1. The molecule has 2 amide bonds. The van der Waals surface area contributed by atoms with Crippen LogP contribution >= 0.6 is 11.8 Å². The standard InChI is InChI=1S/C16H18N2O3S/c19-12-7-3-2-6-11(12)15(20)17-18-16(21)14-9-10-5-1-4-8-13(10)22-14/h2-3,6-7,9-10,13,19H,1,4-5,8H2,(H,17,20)(H,18,21). The first kappa shape index (κ1) is 15.0. The number of carbonyl (C=O) groups excluding carboxylic acids is 2. The van der Waals surface area contributed by atoms with Gasteiger partial charge in [-0.05, 0) is 30.9 Å². The van der Waals surface area contributed by atoms with Gasteiger partial charge in [0.2, 0.25) is 0 Å². The SMILES string of the molecule is O=C(NNC(=O)c1ccccc1O)C1=CC2CCCCC2S1. The van der Waals surface area contributed by atoms with Crippen LogP contribution in [0.3, 0.4) is 0 Å². The molecule has 0 aromatic heterocycles. The van der Waals surface area contributed by atoms with Crippen LogP contribution in [0.2, 0.25) is 0 Å². The van der Waals surface area contributed by atoms with E-state index in [1.54, 1.807) is 23.9 Å². The Bertz CT molecular complexity index is 630. The molecule has 116 valence electrons. The fourth-order valence-corrected chi connectivity index (χ4v) is 4.31. The number of aromatic hydroxyl groups is 1. The lowest BCUT2D eigenvalue weighted by Crippen LogP contribution is -2.41. The molecule has 1 aromatic carbocycles. The number of allylic oxidation sites excluding steroid dienone is 1. The van der Waals surface area contributed by atoms with Crippen LogP contribution in [0, 0.1) is 5.92 Å². The molecule has 3 N–H and O–H groups in total. The number of hydrogen-bond donors (Lipinski definition) is 3. The first-order valence-electron chi connectivity index (χ1n) is 7.42. The Kier molecular flexibility index (Phi) is 4.38. The van der Waals surface area contributed by atoms with E-state index in [1.807, 2.05) is 6.08 Å². The van der Waals surface area contributed by atoms with Crippen LogP contribution in [0.4, 0.5) is 0 Å². The molecule has 1 saturated carbocycles. The first-order valence-corrected chi connectivity index (χ1v) is 8.30. The predicted octanol–water partition coefficient (Wildman–Crippen LogP) is 2.34. The van der Waals surface area contributed by atoms with Crippen LogP contribution in [0.15, 0.2) is 35.2 Å². The van der Waals surface area contributed by atoms with E-state index in [9.17, 15) is 14.7 Å². The number of para-hydroxylation sites is 1. The van der Waals surface area contributed by atoms with Gasteiger partial charge >= 0.3 is 0 Å². The predicted molar refractivity (Wildman–Crippen MR) is 85.1 cm³/mol. The number of hydrazine groups is 1. The van der Waals surface area contributed by atoms with Crippen LogP contribution in [0.25, 0.3) is 0 Å². The highest BCUT2D eigenvalue weighted by Crippen LogP contribution is 2.44. The van der Waals surface area contributed by atoms with Crippen LogP contribution in [0.1, 0.15) is 36.0 Å². The fraction of sp³-hybridized carbons (Fsp3) is 0.375. The smallest absolute Gasteiger partial charge is 0.275 e. The molecule has 6 heteroatoms. The zero-order chi connectivity index (χ0) is 15.5. The van der Waals surface area contributed by atoms with Gasteiger partial charge in [0.1, 0.15) is 5.75 Å². The lowest BCUT2D eigenvalue weighted by molar-refractivity contribution is -0.117. The van der Waals surface area contributed by atoms with Gasteiger partial charge in [0, 0.05) is 5.25 Å². The van der Waals surface area contributed by atoms with Crippen molar-refractivity contribution in [1.29, 1.82) is 0 Å². The van der Waals surface area contributed by atoms with Crippen LogP contribution in [-0.4, -0.2) is 22.2 Å². The molecule has 1 aliphatic heterocycles. The first-order chi connectivity index (χ1) is 10.6. The molecule has 5 nitrogen and oxygen atoms in total. The van der Waals surface area contributed by atoms with Crippen molar-refractivity contribution >= 4 is 23.6 Å². The van der Waals surface area contributed by atoms with E-state index in [0.717, 1.165) is 12.8 Å². The summed E-state index contributed by atoms with van der Waals surface area (Å²) in [5.41, 5.74) is 4.90. The van der Waals surface area contributed by atoms with Crippen LogP contribution in [-0.2, 0) is 4.79 Å². The van der Waals surface area contributed by atoms with Gasteiger partial charge in [0.15, 0.2) is 0 Å². The minimum Gasteiger partial charge on any atom is -0.507 e. The molecule has 0 saturated heterocycles. The highest BCUT2D eigenvalue weighted by atomic mass is 32.2. The quantitative estimate of drug-likeness (QED) is 0.731. The number of phenols is 1. The van der Waals surface area contributed by atoms with Gasteiger partial charge in [-0.2, -0.15) is 0 Å². The molecule has 2 unspecified atom stereocenters. The average Bonchev–Trinajstić information content (AvgIpc) is 2.97. The minimum absolute atomic E-state index is 0.116. The number of benzene rings is 1. The van der Waals surface area contributed by atoms with Crippen molar-refractivity contribution in [1.82, 2.24) is 10.9 Å². The summed E-state index contributed by atoms with van der Waals surface area (Å²) in [5.74, 6) is -0.460. The molecule has 1 fully saturated rings. The summed E-state index contributed by atoms with van der Waals surface area (Å²) in [4.78, 5) is 24.7. The van der Waals surface area contributed by atoms with Gasteiger partial charge in [-0.15, -0.1) is 11.8 Å². The number of nitrogens with one attached hydrogen (secondary N) is 2. The van der Waals surface area contributed by atoms with Crippen molar-refractivity contribution in [2.24, 2.45) is 5.92 Å². The Morgan fingerprint density at radius 2 is 1.82 bits per heavy atom. The van der Waals surface area contributed by atoms with Crippen molar-refractivity contribution in [3.63, 3.8) is 0 Å². The van der Waals surface area contributed by atoms with Crippen molar-refractivity contribution in [2.75, 3.05) is 0 Å². The summed E-state index contributed by atoms with van der Waals surface area (Å²) < 4.78 is 0. The summed E-state index contributed by atoms with van der Waals surface area (Å²) in [6.45, 7) is 0. The van der Waals surface area contributed by atoms with Gasteiger partial charge in [-0.1, -0.05) is 31.1 Å². The van der Waals surface area contributed by atoms with Gasteiger partial charge in [-0.25, -0.2) is 0 Å². The van der Waals surface area contributed by atoms with E-state index in [2.05, 4.69) is 10.9 Å². The average molecular weight is 318 g/mol. The van der Waals surface area contributed by atoms with Crippen molar-refractivity contribution in [3.8, 4) is 5.75 Å². The van der Waals surface area contributed by atoms with E-state index in [1.165, 1.54) is 25.0 Å². The number of carbonyl (C=O) groups is 2. The highest BCUT2D eigenvalue weighted by molar-refractivity contribution is 8.04. The Labute approximate surface area is 133 Å². The Hall–Kier alpha value is -1.95. The zero-order valence-corrected chi connectivity index (χ0v) is 12.9. The van der Waals surface area contributed by atoms with Gasteiger partial charge in [0.25, 0.3) is 11.8 Å². The van der Waals surface area contributed by atoms with Crippen LogP contribution < -0.4 is 10.9 Å². The van der Waals surface area contributed by atoms with Gasteiger partial charge in [0.05, 0.1) is 10.5 Å². The largest absolute Gasteiger partial charge is 0.507 e. The van der Waals surface area contributed by atoms with Gasteiger partial charge in [-0.3, -0.25) is 20.4 Å². The lowest BCUT2D eigenvalue weighted by atomic mass is 9.89. The molecule has 1 aromatic rings. The molecular formula is C16H18N2O3S. The normalized spacial score (nSPS) is 23.4. The summed E-state index contributed by atoms with van der Waals surface area (Å²) in [7, 11) is 0. The number of phenolic OH excluding ortho intramolecular Hbond substituents is 1. The number of fused-ring (bicyclic) bond motifs is 1. The third kappa shape index (κ3) is 3.11. The number of thioether (sulfide) groups is 1.